The molecule has 32 heavy (non-hydrogen) atoms. The molecule has 9 heteroatoms. The van der Waals surface area contributed by atoms with E-state index in [1.165, 1.54) is 23.9 Å². The van der Waals surface area contributed by atoms with Crippen molar-refractivity contribution < 1.29 is 22.7 Å². The summed E-state index contributed by atoms with van der Waals surface area (Å²) < 4.78 is 32.2. The van der Waals surface area contributed by atoms with E-state index >= 15 is 0 Å². The highest BCUT2D eigenvalue weighted by Crippen LogP contribution is 2.22. The Morgan fingerprint density at radius 2 is 1.50 bits per heavy atom. The van der Waals surface area contributed by atoms with Crippen LogP contribution in [0.2, 0.25) is 0 Å². The second-order valence-electron chi connectivity index (χ2n) is 6.58. The molecule has 0 saturated heterocycles. The smallest absolute Gasteiger partial charge is 0.338 e. The van der Waals surface area contributed by atoms with Gasteiger partial charge in [-0.1, -0.05) is 18.2 Å². The standard InChI is InChI=1S/C23H22N2O5S2/c1-2-30-23(27)17-8-10-18(11-9-17)24-22(26)16-31-20-14-12-19(13-15-20)25-32(28,29)21-6-4-3-5-7-21/h3-15,25H,2,16H2,1H3,(H,24,26). The molecule has 0 aromatic heterocycles. The number of amides is 1. The van der Waals surface area contributed by atoms with Crippen molar-refractivity contribution in [3.05, 3.63) is 84.4 Å². The quantitative estimate of drug-likeness (QED) is 0.355. The molecule has 3 aromatic rings. The Morgan fingerprint density at radius 1 is 0.875 bits per heavy atom. The van der Waals surface area contributed by atoms with Gasteiger partial charge in [-0.25, -0.2) is 13.2 Å². The first-order valence-electron chi connectivity index (χ1n) is 9.75. The van der Waals surface area contributed by atoms with Gasteiger partial charge in [-0.2, -0.15) is 0 Å². The normalized spacial score (nSPS) is 10.9. The minimum absolute atomic E-state index is 0.175. The Kier molecular flexibility index (Phi) is 7.91. The number of hydrogen-bond acceptors (Lipinski definition) is 6. The molecular formula is C23H22N2O5S2. The highest BCUT2D eigenvalue weighted by atomic mass is 32.2. The van der Waals surface area contributed by atoms with Gasteiger partial charge < -0.3 is 10.1 Å². The number of ether oxygens (including phenoxy) is 1. The molecule has 1 amide bonds. The Bertz CT molecular complexity index is 1160. The van der Waals surface area contributed by atoms with Gasteiger partial charge >= 0.3 is 5.97 Å². The van der Waals surface area contributed by atoms with Crippen LogP contribution in [0, 0.1) is 0 Å². The monoisotopic (exact) mass is 470 g/mol. The van der Waals surface area contributed by atoms with Crippen LogP contribution in [0.15, 0.2) is 88.7 Å². The molecule has 0 spiro atoms. The number of esters is 1. The number of benzene rings is 3. The first-order valence-corrected chi connectivity index (χ1v) is 12.2. The van der Waals surface area contributed by atoms with Gasteiger partial charge in [0.15, 0.2) is 0 Å². The van der Waals surface area contributed by atoms with Crippen LogP contribution < -0.4 is 10.0 Å². The van der Waals surface area contributed by atoms with Gasteiger partial charge in [0.25, 0.3) is 10.0 Å². The van der Waals surface area contributed by atoms with E-state index in [4.69, 9.17) is 4.74 Å². The van der Waals surface area contributed by atoms with E-state index in [0.29, 0.717) is 23.5 Å². The fourth-order valence-electron chi connectivity index (χ4n) is 2.68. The highest BCUT2D eigenvalue weighted by Gasteiger charge is 2.13. The number of sulfonamides is 1. The fourth-order valence-corrected chi connectivity index (χ4v) is 4.46. The number of carbonyl (C=O) groups is 2. The summed E-state index contributed by atoms with van der Waals surface area (Å²) in [5.41, 5.74) is 1.43. The summed E-state index contributed by atoms with van der Waals surface area (Å²) in [6.07, 6.45) is 0. The van der Waals surface area contributed by atoms with Crippen molar-refractivity contribution in [2.24, 2.45) is 0 Å². The van der Waals surface area contributed by atoms with Crippen molar-refractivity contribution in [1.29, 1.82) is 0 Å². The predicted octanol–water partition coefficient (Wildman–Crippen LogP) is 4.39. The van der Waals surface area contributed by atoms with Crippen molar-refractivity contribution in [2.75, 3.05) is 22.4 Å². The number of thioether (sulfide) groups is 1. The van der Waals surface area contributed by atoms with E-state index in [2.05, 4.69) is 10.0 Å². The van der Waals surface area contributed by atoms with Crippen LogP contribution in [0.5, 0.6) is 0 Å². The molecule has 0 aliphatic rings. The molecule has 2 N–H and O–H groups in total. The largest absolute Gasteiger partial charge is 0.462 e. The van der Waals surface area contributed by atoms with E-state index in [9.17, 15) is 18.0 Å². The average molecular weight is 471 g/mol. The van der Waals surface area contributed by atoms with E-state index in [-0.39, 0.29) is 16.6 Å². The molecule has 3 aromatic carbocycles. The van der Waals surface area contributed by atoms with Crippen LogP contribution in [0.1, 0.15) is 17.3 Å². The average Bonchev–Trinajstić information content (AvgIpc) is 2.80. The molecule has 0 radical (unpaired) electrons. The lowest BCUT2D eigenvalue weighted by Crippen LogP contribution is -2.14. The van der Waals surface area contributed by atoms with Crippen molar-refractivity contribution in [3.8, 4) is 0 Å². The van der Waals surface area contributed by atoms with Crippen molar-refractivity contribution >= 4 is 45.0 Å². The second kappa shape index (κ2) is 10.8. The molecule has 166 valence electrons. The van der Waals surface area contributed by atoms with E-state index in [1.807, 2.05) is 0 Å². The van der Waals surface area contributed by atoms with E-state index < -0.39 is 16.0 Å². The summed E-state index contributed by atoms with van der Waals surface area (Å²) in [6.45, 7) is 2.04. The van der Waals surface area contributed by atoms with E-state index in [0.717, 1.165) is 4.90 Å². The van der Waals surface area contributed by atoms with Crippen molar-refractivity contribution in [3.63, 3.8) is 0 Å². The topological polar surface area (TPSA) is 102 Å². The first-order chi connectivity index (χ1) is 15.4. The third-order valence-corrected chi connectivity index (χ3v) is 6.62. The van der Waals surface area contributed by atoms with Gasteiger partial charge in [-0.05, 0) is 67.6 Å². The summed E-state index contributed by atoms with van der Waals surface area (Å²) in [4.78, 5) is 24.9. The van der Waals surface area contributed by atoms with Gasteiger partial charge in [0.1, 0.15) is 0 Å². The van der Waals surface area contributed by atoms with Gasteiger partial charge in [0.2, 0.25) is 5.91 Å². The maximum absolute atomic E-state index is 12.4. The predicted molar refractivity (Wildman–Crippen MR) is 125 cm³/mol. The molecule has 0 fully saturated rings. The van der Waals surface area contributed by atoms with Crippen LogP contribution in [0.25, 0.3) is 0 Å². The number of nitrogens with one attached hydrogen (secondary N) is 2. The lowest BCUT2D eigenvalue weighted by Gasteiger charge is -2.09. The maximum Gasteiger partial charge on any atom is 0.338 e. The summed E-state index contributed by atoms with van der Waals surface area (Å²) in [7, 11) is -3.65. The zero-order valence-corrected chi connectivity index (χ0v) is 18.9. The SMILES string of the molecule is CCOC(=O)c1ccc(NC(=O)CSc2ccc(NS(=O)(=O)c3ccccc3)cc2)cc1. The van der Waals surface area contributed by atoms with Gasteiger partial charge in [0, 0.05) is 16.3 Å². The van der Waals surface area contributed by atoms with Crippen LogP contribution in [0.3, 0.4) is 0 Å². The Hall–Kier alpha value is -3.30. The lowest BCUT2D eigenvalue weighted by atomic mass is 10.2. The molecule has 0 saturated carbocycles. The summed E-state index contributed by atoms with van der Waals surface area (Å²) in [5, 5.41) is 2.77. The van der Waals surface area contributed by atoms with E-state index in [1.54, 1.807) is 73.7 Å². The summed E-state index contributed by atoms with van der Waals surface area (Å²) >= 11 is 1.32. The van der Waals surface area contributed by atoms with Crippen LogP contribution in [-0.2, 0) is 19.6 Å². The van der Waals surface area contributed by atoms with Crippen molar-refractivity contribution in [1.82, 2.24) is 0 Å². The fraction of sp³-hybridized carbons (Fsp3) is 0.130. The molecule has 0 aliphatic carbocycles. The zero-order valence-electron chi connectivity index (χ0n) is 17.3. The minimum atomic E-state index is -3.65. The molecule has 0 aliphatic heterocycles. The molecule has 0 atom stereocenters. The van der Waals surface area contributed by atoms with Gasteiger partial charge in [-0.3, -0.25) is 9.52 Å². The molecule has 7 nitrogen and oxygen atoms in total. The number of carbonyl (C=O) groups excluding carboxylic acids is 2. The molecule has 0 unspecified atom stereocenters. The van der Waals surface area contributed by atoms with Crippen molar-refractivity contribution in [2.45, 2.75) is 16.7 Å². The summed E-state index contributed by atoms with van der Waals surface area (Å²) in [5.74, 6) is -0.433. The first kappa shape index (κ1) is 23.4. The number of rotatable bonds is 9. The maximum atomic E-state index is 12.4. The Morgan fingerprint density at radius 3 is 2.12 bits per heavy atom. The molecule has 3 rings (SSSR count). The van der Waals surface area contributed by atoms with Crippen LogP contribution in [0.4, 0.5) is 11.4 Å². The highest BCUT2D eigenvalue weighted by molar-refractivity contribution is 8.00. The molecular weight excluding hydrogens is 448 g/mol. The third kappa shape index (κ3) is 6.60. The lowest BCUT2D eigenvalue weighted by molar-refractivity contribution is -0.113. The number of hydrogen-bond donors (Lipinski definition) is 2. The second-order valence-corrected chi connectivity index (χ2v) is 9.31. The zero-order chi connectivity index (χ0) is 23.0. The van der Waals surface area contributed by atoms with Crippen LogP contribution >= 0.6 is 11.8 Å². The number of anilines is 2. The Balaban J connectivity index is 1.50. The minimum Gasteiger partial charge on any atom is -0.462 e. The Labute approximate surface area is 191 Å². The van der Waals surface area contributed by atoms with Gasteiger partial charge in [0.05, 0.1) is 22.8 Å². The third-order valence-electron chi connectivity index (χ3n) is 4.21. The van der Waals surface area contributed by atoms with Crippen LogP contribution in [-0.4, -0.2) is 32.7 Å². The van der Waals surface area contributed by atoms with Gasteiger partial charge in [-0.15, -0.1) is 11.8 Å². The summed E-state index contributed by atoms with van der Waals surface area (Å²) in [6, 6.07) is 21.4. The molecule has 0 bridgehead atoms. The molecule has 0 heterocycles.